The topological polar surface area (TPSA) is 6.48 Å². The van der Waals surface area contributed by atoms with Gasteiger partial charge in [0.2, 0.25) is 0 Å². The quantitative estimate of drug-likeness (QED) is 0.283. The third-order valence-electron chi connectivity index (χ3n) is 6.58. The molecule has 0 N–H and O–H groups in total. The number of hydrogen-bond donors (Lipinski definition) is 0. The van der Waals surface area contributed by atoms with Gasteiger partial charge >= 0.3 is 0 Å². The summed E-state index contributed by atoms with van der Waals surface area (Å²) in [7, 11) is 0. The van der Waals surface area contributed by atoms with Crippen molar-refractivity contribution in [1.29, 1.82) is 0 Å². The molecule has 4 aromatic rings. The van der Waals surface area contributed by atoms with Crippen molar-refractivity contribution in [3.8, 4) is 0 Å². The maximum Gasteiger partial charge on any atom is 0.0464 e. The normalized spacial score (nSPS) is 11.9. The largest absolute Gasteiger partial charge is 0.336 e. The molecule has 4 aromatic carbocycles. The van der Waals surface area contributed by atoms with Crippen molar-refractivity contribution in [2.24, 2.45) is 0 Å². The average Bonchev–Trinajstić information content (AvgIpc) is 2.81. The Morgan fingerprint density at radius 3 is 1.42 bits per heavy atom. The van der Waals surface area contributed by atoms with E-state index in [2.05, 4.69) is 162 Å². The fraction of sp³-hybridized carbons (Fsp3) is 0.294. The van der Waals surface area contributed by atoms with Crippen LogP contribution in [0.15, 0.2) is 97.1 Å². The Morgan fingerprint density at radius 2 is 0.944 bits per heavy atom. The highest BCUT2D eigenvalue weighted by molar-refractivity contribution is 5.78. The molecule has 0 atom stereocenters. The molecule has 186 valence electrons. The highest BCUT2D eigenvalue weighted by atomic mass is 15.2. The van der Waals surface area contributed by atoms with Crippen LogP contribution < -0.4 is 9.80 Å². The van der Waals surface area contributed by atoms with E-state index < -0.39 is 0 Å². The summed E-state index contributed by atoms with van der Waals surface area (Å²) in [5.41, 5.74) is 9.78. The zero-order valence-electron chi connectivity index (χ0n) is 23.1. The lowest BCUT2D eigenvalue weighted by Crippen LogP contribution is -2.37. The van der Waals surface area contributed by atoms with Gasteiger partial charge in [-0.3, -0.25) is 0 Å². The predicted molar refractivity (Wildman–Crippen MR) is 158 cm³/mol. The van der Waals surface area contributed by atoms with Crippen LogP contribution in [0.2, 0.25) is 0 Å². The SMILES string of the molecule is Cc1ccc(N(c2ccc(N(c3ccc(C(C)(C)C)cc3)c3cccc(C)c3)cc2)C(C)(C)C)cc1. The first-order valence-corrected chi connectivity index (χ1v) is 12.9. The summed E-state index contributed by atoms with van der Waals surface area (Å²) in [6, 6.07) is 35.5. The molecule has 36 heavy (non-hydrogen) atoms. The van der Waals surface area contributed by atoms with Crippen LogP contribution in [-0.2, 0) is 5.41 Å². The van der Waals surface area contributed by atoms with Crippen molar-refractivity contribution in [1.82, 2.24) is 0 Å². The van der Waals surface area contributed by atoms with Crippen LogP contribution in [0.3, 0.4) is 0 Å². The molecule has 0 unspecified atom stereocenters. The van der Waals surface area contributed by atoms with Gasteiger partial charge in [-0.25, -0.2) is 0 Å². The van der Waals surface area contributed by atoms with Crippen molar-refractivity contribution in [2.45, 2.75) is 66.3 Å². The molecule has 0 saturated heterocycles. The molecule has 0 aliphatic carbocycles. The number of anilines is 5. The van der Waals surface area contributed by atoms with Crippen molar-refractivity contribution in [3.05, 3.63) is 114 Å². The summed E-state index contributed by atoms with van der Waals surface area (Å²) >= 11 is 0. The van der Waals surface area contributed by atoms with E-state index in [1.54, 1.807) is 0 Å². The number of aryl methyl sites for hydroxylation is 2. The van der Waals surface area contributed by atoms with Crippen LogP contribution in [0.25, 0.3) is 0 Å². The molecule has 0 heterocycles. The molecular formula is C34H40N2. The van der Waals surface area contributed by atoms with E-state index >= 15 is 0 Å². The monoisotopic (exact) mass is 476 g/mol. The van der Waals surface area contributed by atoms with Gasteiger partial charge in [0.05, 0.1) is 0 Å². The number of hydrogen-bond acceptors (Lipinski definition) is 2. The second-order valence-electron chi connectivity index (χ2n) is 11.8. The Hall–Kier alpha value is -3.52. The van der Waals surface area contributed by atoms with E-state index in [9.17, 15) is 0 Å². The molecule has 0 aliphatic heterocycles. The van der Waals surface area contributed by atoms with Gasteiger partial charge in [-0.05, 0) is 112 Å². The third-order valence-corrected chi connectivity index (χ3v) is 6.58. The van der Waals surface area contributed by atoms with Crippen molar-refractivity contribution in [3.63, 3.8) is 0 Å². The van der Waals surface area contributed by atoms with E-state index in [0.717, 1.165) is 17.1 Å². The molecule has 0 bridgehead atoms. The molecule has 0 radical (unpaired) electrons. The van der Waals surface area contributed by atoms with Crippen LogP contribution in [0.4, 0.5) is 28.4 Å². The number of rotatable bonds is 5. The molecule has 0 aliphatic rings. The minimum atomic E-state index is -0.0597. The molecule has 2 heteroatoms. The van der Waals surface area contributed by atoms with Gasteiger partial charge in [-0.1, -0.05) is 62.7 Å². The lowest BCUT2D eigenvalue weighted by atomic mass is 9.87. The van der Waals surface area contributed by atoms with Gasteiger partial charge in [-0.2, -0.15) is 0 Å². The van der Waals surface area contributed by atoms with Crippen LogP contribution in [0, 0.1) is 13.8 Å². The van der Waals surface area contributed by atoms with Crippen LogP contribution in [0.5, 0.6) is 0 Å². The molecule has 0 aromatic heterocycles. The van der Waals surface area contributed by atoms with E-state index in [4.69, 9.17) is 0 Å². The summed E-state index contributed by atoms with van der Waals surface area (Å²) in [6.07, 6.45) is 0. The Bertz CT molecular complexity index is 1290. The Labute approximate surface area is 218 Å². The summed E-state index contributed by atoms with van der Waals surface area (Å²) in [5, 5.41) is 0. The number of benzene rings is 4. The lowest BCUT2D eigenvalue weighted by molar-refractivity contribution is 0.560. The molecule has 4 rings (SSSR count). The van der Waals surface area contributed by atoms with E-state index in [1.807, 2.05) is 0 Å². The van der Waals surface area contributed by atoms with E-state index in [-0.39, 0.29) is 11.0 Å². The minimum Gasteiger partial charge on any atom is -0.336 e. The van der Waals surface area contributed by atoms with Crippen LogP contribution >= 0.6 is 0 Å². The zero-order valence-corrected chi connectivity index (χ0v) is 23.1. The highest BCUT2D eigenvalue weighted by Crippen LogP contribution is 2.39. The Morgan fingerprint density at radius 1 is 0.472 bits per heavy atom. The first kappa shape index (κ1) is 25.6. The molecule has 2 nitrogen and oxygen atoms in total. The fourth-order valence-electron chi connectivity index (χ4n) is 4.69. The first-order valence-electron chi connectivity index (χ1n) is 12.9. The molecule has 0 saturated carbocycles. The van der Waals surface area contributed by atoms with Gasteiger partial charge < -0.3 is 9.80 Å². The zero-order chi connectivity index (χ0) is 26.1. The maximum absolute atomic E-state index is 2.41. The van der Waals surface area contributed by atoms with Crippen LogP contribution in [-0.4, -0.2) is 5.54 Å². The van der Waals surface area contributed by atoms with E-state index in [0.29, 0.717) is 0 Å². The van der Waals surface area contributed by atoms with Crippen molar-refractivity contribution < 1.29 is 0 Å². The van der Waals surface area contributed by atoms with Crippen molar-refractivity contribution in [2.75, 3.05) is 9.80 Å². The van der Waals surface area contributed by atoms with Gasteiger partial charge in [0.1, 0.15) is 0 Å². The van der Waals surface area contributed by atoms with Gasteiger partial charge in [-0.15, -0.1) is 0 Å². The lowest BCUT2D eigenvalue weighted by Gasteiger charge is -2.38. The standard InChI is InChI=1S/C34H40N2/c1-25-12-16-30(17-13-25)36(34(6,7)8)31-22-20-29(21-23-31)35(32-11-9-10-26(2)24-32)28-18-14-27(15-19-28)33(3,4)5/h9-24H,1-8H3. The highest BCUT2D eigenvalue weighted by Gasteiger charge is 2.24. The summed E-state index contributed by atoms with van der Waals surface area (Å²) in [5.74, 6) is 0. The first-order chi connectivity index (χ1) is 16.9. The molecule has 0 amide bonds. The molecular weight excluding hydrogens is 436 g/mol. The molecule has 0 spiro atoms. The van der Waals surface area contributed by atoms with Gasteiger partial charge in [0.25, 0.3) is 0 Å². The summed E-state index contributed by atoms with van der Waals surface area (Å²) in [6.45, 7) is 17.8. The van der Waals surface area contributed by atoms with Gasteiger partial charge in [0.15, 0.2) is 0 Å². The maximum atomic E-state index is 2.41. The minimum absolute atomic E-state index is 0.0597. The second-order valence-corrected chi connectivity index (χ2v) is 11.8. The molecule has 0 fully saturated rings. The number of nitrogens with zero attached hydrogens (tertiary/aromatic N) is 2. The Balaban J connectivity index is 1.77. The summed E-state index contributed by atoms with van der Waals surface area (Å²) < 4.78 is 0. The van der Waals surface area contributed by atoms with Crippen molar-refractivity contribution >= 4 is 28.4 Å². The summed E-state index contributed by atoms with van der Waals surface area (Å²) in [4.78, 5) is 4.75. The fourth-order valence-corrected chi connectivity index (χ4v) is 4.69. The third kappa shape index (κ3) is 5.65. The smallest absolute Gasteiger partial charge is 0.0464 e. The van der Waals surface area contributed by atoms with E-state index in [1.165, 1.54) is 28.1 Å². The predicted octanol–water partition coefficient (Wildman–Crippen LogP) is 10.0. The van der Waals surface area contributed by atoms with Gasteiger partial charge in [0, 0.05) is 34.0 Å². The Kier molecular flexibility index (Phi) is 7.00. The second kappa shape index (κ2) is 9.85. The van der Waals surface area contributed by atoms with Crippen LogP contribution in [0.1, 0.15) is 58.2 Å². The average molecular weight is 477 g/mol.